The molecule has 2 unspecified atom stereocenters. The summed E-state index contributed by atoms with van der Waals surface area (Å²) >= 11 is 0. The average molecular weight is 425 g/mol. The van der Waals surface area contributed by atoms with Crippen LogP contribution < -0.4 is 15.1 Å². The first-order chi connectivity index (χ1) is 15.0. The summed E-state index contributed by atoms with van der Waals surface area (Å²) in [6.45, 7) is 4.97. The number of pyridine rings is 1. The number of halogens is 1. The standard InChI is InChI=1S/C24H29FN4O2/c1-4-21(17-7-9-23(31-3)20(25)12-17)26-24-10-8-19(14-29(24)16-30)28-13-18-6-5-11-27(2)22(18)15-28/h4,7-10,12,14,16,18,22H,5-6,11,13,15H2,1-3H3/b21-4-,26-24-. The van der Waals surface area contributed by atoms with Crippen LogP contribution in [0.1, 0.15) is 25.3 Å². The molecule has 2 aliphatic heterocycles. The molecular weight excluding hydrogens is 395 g/mol. The molecule has 7 heteroatoms. The molecule has 0 saturated carbocycles. The third-order valence-electron chi connectivity index (χ3n) is 6.43. The third-order valence-corrected chi connectivity index (χ3v) is 6.43. The number of allylic oxidation sites excluding steroid dienone is 1. The van der Waals surface area contributed by atoms with Gasteiger partial charge in [0.1, 0.15) is 5.49 Å². The van der Waals surface area contributed by atoms with Crippen molar-refractivity contribution in [3.63, 3.8) is 0 Å². The molecule has 1 aromatic carbocycles. The van der Waals surface area contributed by atoms with Crippen molar-refractivity contribution in [1.29, 1.82) is 0 Å². The molecule has 31 heavy (non-hydrogen) atoms. The van der Waals surface area contributed by atoms with Crippen LogP contribution >= 0.6 is 0 Å². The molecule has 2 saturated heterocycles. The number of carbonyl (C=O) groups is 1. The summed E-state index contributed by atoms with van der Waals surface area (Å²) in [4.78, 5) is 21.3. The van der Waals surface area contributed by atoms with Crippen LogP contribution in [0.3, 0.4) is 0 Å². The minimum Gasteiger partial charge on any atom is -0.494 e. The highest BCUT2D eigenvalue weighted by Crippen LogP contribution is 2.32. The van der Waals surface area contributed by atoms with Gasteiger partial charge in [-0.25, -0.2) is 9.38 Å². The molecular formula is C24H29FN4O2. The van der Waals surface area contributed by atoms with Gasteiger partial charge in [-0.05, 0) is 69.6 Å². The summed E-state index contributed by atoms with van der Waals surface area (Å²) in [7, 11) is 3.63. The first kappa shape index (κ1) is 21.3. The monoisotopic (exact) mass is 424 g/mol. The fourth-order valence-corrected chi connectivity index (χ4v) is 4.73. The quantitative estimate of drug-likeness (QED) is 0.692. The molecule has 3 heterocycles. The molecule has 0 bridgehead atoms. The second-order valence-corrected chi connectivity index (χ2v) is 8.25. The maximum absolute atomic E-state index is 14.1. The molecule has 2 fully saturated rings. The lowest BCUT2D eigenvalue weighted by molar-refractivity contribution is 0.158. The van der Waals surface area contributed by atoms with E-state index in [1.807, 2.05) is 25.3 Å². The van der Waals surface area contributed by atoms with Gasteiger partial charge in [0.25, 0.3) is 0 Å². The SMILES string of the molecule is C/C=C(\N=c1\ccc(N2CC3CCCN(C)C3C2)cn1C=O)c1ccc(OC)c(F)c1. The number of ether oxygens (including phenoxy) is 1. The van der Waals surface area contributed by atoms with Crippen molar-refractivity contribution in [3.8, 4) is 5.75 Å². The van der Waals surface area contributed by atoms with Crippen molar-refractivity contribution >= 4 is 17.8 Å². The van der Waals surface area contributed by atoms with Crippen LogP contribution in [0.4, 0.5) is 10.1 Å². The van der Waals surface area contributed by atoms with Crippen LogP contribution in [0.25, 0.3) is 5.70 Å². The average Bonchev–Trinajstić information content (AvgIpc) is 3.23. The summed E-state index contributed by atoms with van der Waals surface area (Å²) in [5.41, 5.74) is 2.72. The number of piperidine rings is 1. The predicted molar refractivity (Wildman–Crippen MR) is 120 cm³/mol. The number of likely N-dealkylation sites (N-methyl/N-ethyl adjacent to an activating group) is 1. The molecule has 2 atom stereocenters. The minimum absolute atomic E-state index is 0.184. The van der Waals surface area contributed by atoms with Gasteiger partial charge < -0.3 is 14.5 Å². The Morgan fingerprint density at radius 2 is 2.10 bits per heavy atom. The summed E-state index contributed by atoms with van der Waals surface area (Å²) in [6.07, 6.45) is 6.90. The Morgan fingerprint density at radius 3 is 2.77 bits per heavy atom. The van der Waals surface area contributed by atoms with Crippen LogP contribution in [-0.2, 0) is 4.79 Å². The fourth-order valence-electron chi connectivity index (χ4n) is 4.73. The number of methoxy groups -OCH3 is 1. The Kier molecular flexibility index (Phi) is 6.23. The molecule has 0 amide bonds. The second-order valence-electron chi connectivity index (χ2n) is 8.25. The first-order valence-electron chi connectivity index (χ1n) is 10.7. The lowest BCUT2D eigenvalue weighted by atomic mass is 9.93. The van der Waals surface area contributed by atoms with Gasteiger partial charge in [0.05, 0.1) is 18.5 Å². The highest BCUT2D eigenvalue weighted by atomic mass is 19.1. The Bertz CT molecular complexity index is 1060. The van der Waals surface area contributed by atoms with Gasteiger partial charge in [0.15, 0.2) is 11.6 Å². The number of anilines is 1. The molecule has 0 spiro atoms. The van der Waals surface area contributed by atoms with Gasteiger partial charge in [-0.15, -0.1) is 0 Å². The number of hydrogen-bond donors (Lipinski definition) is 0. The largest absolute Gasteiger partial charge is 0.494 e. The van der Waals surface area contributed by atoms with Gasteiger partial charge in [-0.2, -0.15) is 0 Å². The van der Waals surface area contributed by atoms with E-state index >= 15 is 0 Å². The summed E-state index contributed by atoms with van der Waals surface area (Å²) in [5.74, 6) is 0.407. The van der Waals surface area contributed by atoms with E-state index in [1.165, 1.54) is 30.6 Å². The maximum atomic E-state index is 14.1. The van der Waals surface area contributed by atoms with E-state index in [2.05, 4.69) is 21.8 Å². The topological polar surface area (TPSA) is 50.1 Å². The van der Waals surface area contributed by atoms with Crippen molar-refractivity contribution in [2.75, 3.05) is 38.7 Å². The predicted octanol–water partition coefficient (Wildman–Crippen LogP) is 3.17. The van der Waals surface area contributed by atoms with Gasteiger partial charge in [-0.3, -0.25) is 9.36 Å². The van der Waals surface area contributed by atoms with E-state index in [0.717, 1.165) is 31.7 Å². The van der Waals surface area contributed by atoms with Crippen LogP contribution in [0.15, 0.2) is 47.6 Å². The highest BCUT2D eigenvalue weighted by molar-refractivity contribution is 5.65. The molecule has 2 aromatic rings. The lowest BCUT2D eigenvalue weighted by Crippen LogP contribution is -2.42. The first-order valence-corrected chi connectivity index (χ1v) is 10.7. The smallest absolute Gasteiger partial charge is 0.219 e. The Morgan fingerprint density at radius 1 is 1.26 bits per heavy atom. The van der Waals surface area contributed by atoms with E-state index in [9.17, 15) is 9.18 Å². The Hall–Kier alpha value is -2.93. The van der Waals surface area contributed by atoms with E-state index in [4.69, 9.17) is 4.74 Å². The van der Waals surface area contributed by atoms with Crippen molar-refractivity contribution in [2.24, 2.45) is 10.9 Å². The van der Waals surface area contributed by atoms with Gasteiger partial charge in [0.2, 0.25) is 6.41 Å². The number of fused-ring (bicyclic) bond motifs is 1. The number of rotatable bonds is 5. The zero-order valence-electron chi connectivity index (χ0n) is 18.3. The maximum Gasteiger partial charge on any atom is 0.219 e. The lowest BCUT2D eigenvalue weighted by Gasteiger charge is -2.33. The zero-order valence-corrected chi connectivity index (χ0v) is 18.3. The van der Waals surface area contributed by atoms with Crippen LogP contribution in [-0.4, -0.2) is 55.7 Å². The molecule has 1 aromatic heterocycles. The molecule has 0 N–H and O–H groups in total. The van der Waals surface area contributed by atoms with Crippen molar-refractivity contribution in [1.82, 2.24) is 9.47 Å². The Labute approximate surface area is 182 Å². The highest BCUT2D eigenvalue weighted by Gasteiger charge is 2.37. The minimum atomic E-state index is -0.450. The van der Waals surface area contributed by atoms with Crippen LogP contribution in [0.5, 0.6) is 5.75 Å². The Balaban J connectivity index is 1.63. The molecule has 2 aliphatic rings. The number of nitrogens with zero attached hydrogens (tertiary/aromatic N) is 4. The van der Waals surface area contributed by atoms with Crippen molar-refractivity contribution in [3.05, 3.63) is 59.5 Å². The van der Waals surface area contributed by atoms with E-state index in [-0.39, 0.29) is 5.75 Å². The number of benzene rings is 1. The normalized spacial score (nSPS) is 22.5. The molecule has 6 nitrogen and oxygen atoms in total. The van der Waals surface area contributed by atoms with E-state index < -0.39 is 5.82 Å². The molecule has 164 valence electrons. The van der Waals surface area contributed by atoms with E-state index in [1.54, 1.807) is 18.2 Å². The van der Waals surface area contributed by atoms with Gasteiger partial charge >= 0.3 is 0 Å². The number of aromatic nitrogens is 1. The zero-order chi connectivity index (χ0) is 22.0. The molecule has 0 radical (unpaired) electrons. The summed E-state index contributed by atoms with van der Waals surface area (Å²) in [6, 6.07) is 9.14. The van der Waals surface area contributed by atoms with Gasteiger partial charge in [-0.1, -0.05) is 6.08 Å². The van der Waals surface area contributed by atoms with Gasteiger partial charge in [0, 0.05) is 30.9 Å². The fraction of sp³-hybridized carbons (Fsp3) is 0.417. The third kappa shape index (κ3) is 4.28. The van der Waals surface area contributed by atoms with Crippen molar-refractivity contribution in [2.45, 2.75) is 25.8 Å². The number of carbonyl (C=O) groups excluding carboxylic acids is 1. The number of hydrogen-bond acceptors (Lipinski definition) is 5. The second kappa shape index (κ2) is 9.06. The van der Waals surface area contributed by atoms with Crippen molar-refractivity contribution < 1.29 is 13.9 Å². The number of likely N-dealkylation sites (tertiary alicyclic amines) is 1. The molecule has 4 rings (SSSR count). The van der Waals surface area contributed by atoms with E-state index in [0.29, 0.717) is 28.7 Å². The molecule has 0 aliphatic carbocycles. The summed E-state index contributed by atoms with van der Waals surface area (Å²) in [5, 5.41) is 0. The van der Waals surface area contributed by atoms with Crippen LogP contribution in [0, 0.1) is 11.7 Å². The van der Waals surface area contributed by atoms with Crippen LogP contribution in [0.2, 0.25) is 0 Å². The summed E-state index contributed by atoms with van der Waals surface area (Å²) < 4.78 is 20.6.